The van der Waals surface area contributed by atoms with Crippen molar-refractivity contribution < 1.29 is 4.42 Å². The van der Waals surface area contributed by atoms with E-state index in [2.05, 4.69) is 198 Å². The number of aromatic nitrogens is 1. The molecular weight excluding hydrogens is 792 g/mol. The summed E-state index contributed by atoms with van der Waals surface area (Å²) in [6, 6.07) is 52.4. The van der Waals surface area contributed by atoms with Crippen LogP contribution < -0.4 is 16.2 Å². The number of hydrogen-bond donors (Lipinski definition) is 1. The van der Waals surface area contributed by atoms with E-state index in [-0.39, 0.29) is 10.8 Å². The van der Waals surface area contributed by atoms with Crippen LogP contribution in [0.4, 0.5) is 11.4 Å². The predicted octanol–water partition coefficient (Wildman–Crippen LogP) is 15.4. The van der Waals surface area contributed by atoms with Crippen LogP contribution in [0.2, 0.25) is 0 Å². The molecule has 297 valence electrons. The topological polar surface area (TPSA) is 30.1 Å². The van der Waals surface area contributed by atoms with Gasteiger partial charge in [0.2, 0.25) is 0 Å². The van der Waals surface area contributed by atoms with Gasteiger partial charge in [-0.2, -0.15) is 0 Å². The SMILES string of the molecule is CC(C)(C)c1ccc(Nc2cc3c(cc2-c2ccc4c5cc6sc7ccccc7c6cc5n5c4c2[B]c2cc4sc6ccccc6c4cc2-5)oc2cc(C(C)(C)C)ccc23)cc1. The molecule has 0 aliphatic carbocycles. The highest BCUT2D eigenvalue weighted by atomic mass is 32.1. The fourth-order valence-electron chi connectivity index (χ4n) is 10.0. The molecule has 0 unspecified atom stereocenters. The maximum Gasteiger partial charge on any atom is 0.197 e. The highest BCUT2D eigenvalue weighted by Crippen LogP contribution is 2.45. The Morgan fingerprint density at radius 3 is 1.87 bits per heavy atom. The van der Waals surface area contributed by atoms with Crippen LogP contribution in [-0.4, -0.2) is 11.8 Å². The Balaban J connectivity index is 1.10. The molecule has 6 heteroatoms. The van der Waals surface area contributed by atoms with Gasteiger partial charge in [-0.1, -0.05) is 120 Å². The van der Waals surface area contributed by atoms with Gasteiger partial charge in [0.15, 0.2) is 7.28 Å². The van der Waals surface area contributed by atoms with Crippen LogP contribution in [-0.2, 0) is 10.8 Å². The molecule has 0 saturated carbocycles. The molecule has 3 nitrogen and oxygen atoms in total. The maximum absolute atomic E-state index is 6.82. The van der Waals surface area contributed by atoms with Crippen molar-refractivity contribution >= 4 is 136 Å². The van der Waals surface area contributed by atoms with Gasteiger partial charge in [-0.3, -0.25) is 0 Å². The zero-order valence-electron chi connectivity index (χ0n) is 35.5. The Labute approximate surface area is 368 Å². The second kappa shape index (κ2) is 12.6. The second-order valence-corrected chi connectivity index (χ2v) is 21.4. The monoisotopic (exact) mass is 833 g/mol. The number of nitrogens with one attached hydrogen (secondary N) is 1. The zero-order chi connectivity index (χ0) is 41.8. The van der Waals surface area contributed by atoms with Crippen molar-refractivity contribution in [2.24, 2.45) is 0 Å². The minimum absolute atomic E-state index is 0.0105. The Morgan fingerprint density at radius 2 is 1.15 bits per heavy atom. The van der Waals surface area contributed by atoms with Crippen molar-refractivity contribution in [2.45, 2.75) is 52.4 Å². The average molecular weight is 834 g/mol. The first kappa shape index (κ1) is 36.3. The van der Waals surface area contributed by atoms with E-state index < -0.39 is 0 Å². The molecule has 1 N–H and O–H groups in total. The van der Waals surface area contributed by atoms with Crippen molar-refractivity contribution in [3.8, 4) is 16.8 Å². The zero-order valence-corrected chi connectivity index (χ0v) is 37.2. The van der Waals surface area contributed by atoms with Gasteiger partial charge < -0.3 is 14.3 Å². The minimum atomic E-state index is 0.0105. The van der Waals surface area contributed by atoms with Gasteiger partial charge in [0.1, 0.15) is 11.2 Å². The van der Waals surface area contributed by atoms with Crippen molar-refractivity contribution in [1.82, 2.24) is 4.57 Å². The number of rotatable bonds is 3. The molecule has 0 atom stereocenters. The van der Waals surface area contributed by atoms with Crippen LogP contribution in [0.15, 0.2) is 144 Å². The summed E-state index contributed by atoms with van der Waals surface area (Å²) in [5.41, 5.74) is 15.0. The van der Waals surface area contributed by atoms with Gasteiger partial charge >= 0.3 is 0 Å². The molecule has 1 radical (unpaired) electrons. The van der Waals surface area contributed by atoms with Gasteiger partial charge in [0.25, 0.3) is 0 Å². The Hall–Kier alpha value is -6.34. The number of fused-ring (bicyclic) bond motifs is 14. The molecule has 13 rings (SSSR count). The summed E-state index contributed by atoms with van der Waals surface area (Å²) in [7, 11) is 2.45. The largest absolute Gasteiger partial charge is 0.456 e. The van der Waals surface area contributed by atoms with E-state index in [9.17, 15) is 0 Å². The molecule has 0 bridgehead atoms. The summed E-state index contributed by atoms with van der Waals surface area (Å²) in [5, 5.41) is 14.0. The first-order valence-electron chi connectivity index (χ1n) is 21.6. The van der Waals surface area contributed by atoms with Gasteiger partial charge in [-0.05, 0) is 99.7 Å². The molecule has 5 heterocycles. The quantitative estimate of drug-likeness (QED) is 0.180. The third-order valence-electron chi connectivity index (χ3n) is 13.3. The van der Waals surface area contributed by atoms with Gasteiger partial charge in [0.05, 0.1) is 5.52 Å². The lowest BCUT2D eigenvalue weighted by Gasteiger charge is -2.24. The van der Waals surface area contributed by atoms with E-state index in [1.807, 2.05) is 22.7 Å². The van der Waals surface area contributed by atoms with E-state index in [1.54, 1.807) is 0 Å². The van der Waals surface area contributed by atoms with E-state index >= 15 is 0 Å². The lowest BCUT2D eigenvalue weighted by molar-refractivity contribution is 0.587. The van der Waals surface area contributed by atoms with Crippen LogP contribution >= 0.6 is 22.7 Å². The Bertz CT molecular complexity index is 3880. The van der Waals surface area contributed by atoms with Crippen LogP contribution in [0.5, 0.6) is 0 Å². The predicted molar refractivity (Wildman–Crippen MR) is 271 cm³/mol. The van der Waals surface area contributed by atoms with E-state index in [1.165, 1.54) is 95.5 Å². The third-order valence-corrected chi connectivity index (χ3v) is 15.6. The average Bonchev–Trinajstić information content (AvgIpc) is 4.00. The first-order valence-corrected chi connectivity index (χ1v) is 23.2. The van der Waals surface area contributed by atoms with Crippen LogP contribution in [0.3, 0.4) is 0 Å². The number of anilines is 2. The summed E-state index contributed by atoms with van der Waals surface area (Å²) >= 11 is 3.77. The van der Waals surface area contributed by atoms with Crippen molar-refractivity contribution in [1.29, 1.82) is 0 Å². The first-order chi connectivity index (χ1) is 29.9. The summed E-state index contributed by atoms with van der Waals surface area (Å²) in [4.78, 5) is 0. The second-order valence-electron chi connectivity index (χ2n) is 19.3. The standard InChI is InChI=1S/C56H42BN2OS2/c1-55(2,3)30-15-18-32(19-16-30)58-44-24-40-33-20-17-31(56(4,5)6)23-47(33)60-48(40)27-38(44)36-21-22-37-39-28-51-41(34-11-7-9-13-49(34)61-51)25-45(39)59-46-26-42-35-12-8-10-14-50(35)62-52(42)29-43(46)57-53(36)54(37)59/h7-29,58H,1-6H3. The molecule has 1 aliphatic heterocycles. The molecule has 4 aromatic heterocycles. The summed E-state index contributed by atoms with van der Waals surface area (Å²) in [6.45, 7) is 13.6. The molecule has 62 heavy (non-hydrogen) atoms. The van der Waals surface area contributed by atoms with E-state index in [0.717, 1.165) is 38.9 Å². The van der Waals surface area contributed by atoms with Crippen LogP contribution in [0.25, 0.3) is 101 Å². The summed E-state index contributed by atoms with van der Waals surface area (Å²) in [5.74, 6) is 0. The van der Waals surface area contributed by atoms with Crippen molar-refractivity contribution in [3.05, 3.63) is 151 Å². The van der Waals surface area contributed by atoms with Gasteiger partial charge in [-0.25, -0.2) is 0 Å². The van der Waals surface area contributed by atoms with Gasteiger partial charge in [0, 0.05) is 90.0 Å². The number of thiophene rings is 2. The van der Waals surface area contributed by atoms with Crippen LogP contribution in [0, 0.1) is 0 Å². The van der Waals surface area contributed by atoms with Gasteiger partial charge in [-0.15, -0.1) is 22.7 Å². The molecule has 0 saturated heterocycles. The molecule has 8 aromatic carbocycles. The fraction of sp³-hybridized carbons (Fsp3) is 0.143. The van der Waals surface area contributed by atoms with Crippen molar-refractivity contribution in [3.63, 3.8) is 0 Å². The molecule has 0 fully saturated rings. The highest BCUT2D eigenvalue weighted by molar-refractivity contribution is 7.26. The lowest BCUT2D eigenvalue weighted by Crippen LogP contribution is -2.37. The highest BCUT2D eigenvalue weighted by Gasteiger charge is 2.29. The Morgan fingerprint density at radius 1 is 0.500 bits per heavy atom. The third kappa shape index (κ3) is 5.29. The van der Waals surface area contributed by atoms with Crippen molar-refractivity contribution in [2.75, 3.05) is 5.32 Å². The molecule has 0 spiro atoms. The summed E-state index contributed by atoms with van der Waals surface area (Å²) in [6.07, 6.45) is 0. The Kier molecular flexibility index (Phi) is 7.40. The summed E-state index contributed by atoms with van der Waals surface area (Å²) < 4.78 is 14.7. The van der Waals surface area contributed by atoms with E-state index in [4.69, 9.17) is 4.42 Å². The number of nitrogens with zero attached hydrogens (tertiary/aromatic N) is 1. The lowest BCUT2D eigenvalue weighted by atomic mass is 9.59. The molecular formula is C56H42BN2OS2. The van der Waals surface area contributed by atoms with Crippen LogP contribution in [0.1, 0.15) is 52.7 Å². The smallest absolute Gasteiger partial charge is 0.197 e. The number of hydrogen-bond acceptors (Lipinski definition) is 4. The number of furan rings is 1. The fourth-order valence-corrected chi connectivity index (χ4v) is 12.3. The number of benzene rings is 8. The molecule has 1 aliphatic rings. The molecule has 12 aromatic rings. The molecule has 0 amide bonds. The normalized spacial score (nSPS) is 13.1. The maximum atomic E-state index is 6.82. The minimum Gasteiger partial charge on any atom is -0.456 e. The van der Waals surface area contributed by atoms with E-state index in [0.29, 0.717) is 0 Å².